The molecule has 130 valence electrons. The van der Waals surface area contributed by atoms with Gasteiger partial charge in [-0.15, -0.1) is 0 Å². The van der Waals surface area contributed by atoms with E-state index in [1.54, 1.807) is 7.11 Å². The van der Waals surface area contributed by atoms with Gasteiger partial charge in [0.2, 0.25) is 0 Å². The van der Waals surface area contributed by atoms with Crippen molar-refractivity contribution in [1.29, 1.82) is 0 Å². The maximum atomic E-state index is 5.39. The highest BCUT2D eigenvalue weighted by molar-refractivity contribution is 5.81. The number of H-pyrrole nitrogens is 1. The van der Waals surface area contributed by atoms with E-state index in [-0.39, 0.29) is 0 Å². The predicted molar refractivity (Wildman–Crippen MR) is 103 cm³/mol. The second-order valence-electron chi connectivity index (χ2n) is 5.74. The van der Waals surface area contributed by atoms with Crippen LogP contribution in [-0.4, -0.2) is 24.6 Å². The summed E-state index contributed by atoms with van der Waals surface area (Å²) < 4.78 is 5.39. The number of aromatic amines is 1. The number of hydrogen-bond donors (Lipinski definition) is 3. The Bertz CT molecular complexity index is 821. The van der Waals surface area contributed by atoms with Gasteiger partial charge in [-0.3, -0.25) is 0 Å². The number of guanidine groups is 1. The molecule has 0 amide bonds. The number of rotatable bonds is 6. The fraction of sp³-hybridized carbons (Fsp3) is 0.250. The molecule has 0 atom stereocenters. The van der Waals surface area contributed by atoms with E-state index in [9.17, 15) is 0 Å². The zero-order valence-corrected chi connectivity index (χ0v) is 14.7. The fourth-order valence-corrected chi connectivity index (χ4v) is 2.75. The van der Waals surface area contributed by atoms with Crippen LogP contribution < -0.4 is 15.4 Å². The van der Waals surface area contributed by atoms with E-state index in [2.05, 4.69) is 45.7 Å². The van der Waals surface area contributed by atoms with Gasteiger partial charge in [0.25, 0.3) is 0 Å². The average molecular weight is 336 g/mol. The predicted octanol–water partition coefficient (Wildman–Crippen LogP) is 3.43. The highest BCUT2D eigenvalue weighted by atomic mass is 16.5. The molecular weight excluding hydrogens is 312 g/mol. The topological polar surface area (TPSA) is 61.4 Å². The first-order valence-corrected chi connectivity index (χ1v) is 8.51. The summed E-state index contributed by atoms with van der Waals surface area (Å²) in [6.07, 6.45) is 0. The van der Waals surface area contributed by atoms with Crippen LogP contribution in [0, 0.1) is 0 Å². The Kier molecular flexibility index (Phi) is 5.57. The SMILES string of the molecule is CCNC(=NCc1ccccc1OC)NCc1cc2ccccc2[nH]1. The lowest BCUT2D eigenvalue weighted by molar-refractivity contribution is 0.410. The number of fused-ring (bicyclic) bond motifs is 1. The molecule has 0 aliphatic carbocycles. The lowest BCUT2D eigenvalue weighted by Crippen LogP contribution is -2.36. The van der Waals surface area contributed by atoms with Crippen molar-refractivity contribution in [3.63, 3.8) is 0 Å². The molecular formula is C20H24N4O. The van der Waals surface area contributed by atoms with Gasteiger partial charge in [0.1, 0.15) is 5.75 Å². The Labute approximate surface area is 148 Å². The van der Waals surface area contributed by atoms with E-state index in [0.29, 0.717) is 13.1 Å². The molecule has 0 aliphatic rings. The molecule has 3 rings (SSSR count). The normalized spacial score (nSPS) is 11.5. The number of nitrogens with zero attached hydrogens (tertiary/aromatic N) is 1. The molecule has 0 bridgehead atoms. The third-order valence-electron chi connectivity index (χ3n) is 3.98. The summed E-state index contributed by atoms with van der Waals surface area (Å²) in [4.78, 5) is 8.08. The van der Waals surface area contributed by atoms with Crippen molar-refractivity contribution in [2.45, 2.75) is 20.0 Å². The van der Waals surface area contributed by atoms with Crippen molar-refractivity contribution < 1.29 is 4.74 Å². The number of aromatic nitrogens is 1. The van der Waals surface area contributed by atoms with Gasteiger partial charge in [0, 0.05) is 23.3 Å². The molecule has 1 heterocycles. The van der Waals surface area contributed by atoms with Crippen molar-refractivity contribution in [1.82, 2.24) is 15.6 Å². The van der Waals surface area contributed by atoms with Crippen LogP contribution in [0.15, 0.2) is 59.6 Å². The molecule has 1 aromatic heterocycles. The van der Waals surface area contributed by atoms with Gasteiger partial charge in [0.05, 0.1) is 20.2 Å². The van der Waals surface area contributed by atoms with Crippen LogP contribution in [0.4, 0.5) is 0 Å². The number of benzene rings is 2. The molecule has 0 radical (unpaired) electrons. The smallest absolute Gasteiger partial charge is 0.191 e. The van der Waals surface area contributed by atoms with E-state index < -0.39 is 0 Å². The minimum atomic E-state index is 0.562. The van der Waals surface area contributed by atoms with Crippen molar-refractivity contribution in [3.05, 3.63) is 65.9 Å². The second kappa shape index (κ2) is 8.24. The number of para-hydroxylation sites is 2. The van der Waals surface area contributed by atoms with Gasteiger partial charge in [0.15, 0.2) is 5.96 Å². The number of methoxy groups -OCH3 is 1. The van der Waals surface area contributed by atoms with Crippen molar-refractivity contribution >= 4 is 16.9 Å². The molecule has 0 spiro atoms. The van der Waals surface area contributed by atoms with Crippen LogP contribution >= 0.6 is 0 Å². The van der Waals surface area contributed by atoms with Crippen molar-refractivity contribution in [2.24, 2.45) is 4.99 Å². The van der Waals surface area contributed by atoms with Crippen LogP contribution in [0.25, 0.3) is 10.9 Å². The molecule has 0 fully saturated rings. The quantitative estimate of drug-likeness (QED) is 0.477. The Morgan fingerprint density at radius 3 is 2.68 bits per heavy atom. The van der Waals surface area contributed by atoms with E-state index in [1.165, 1.54) is 5.39 Å². The highest BCUT2D eigenvalue weighted by Gasteiger charge is 2.04. The summed E-state index contributed by atoms with van der Waals surface area (Å²) in [6, 6.07) is 18.4. The third-order valence-corrected chi connectivity index (χ3v) is 3.98. The van der Waals surface area contributed by atoms with Gasteiger partial charge < -0.3 is 20.4 Å². The molecule has 5 heteroatoms. The minimum absolute atomic E-state index is 0.562. The molecule has 5 nitrogen and oxygen atoms in total. The average Bonchev–Trinajstić information content (AvgIpc) is 3.07. The summed E-state index contributed by atoms with van der Waals surface area (Å²) in [5.41, 5.74) is 3.34. The molecule has 25 heavy (non-hydrogen) atoms. The van der Waals surface area contributed by atoms with Gasteiger partial charge >= 0.3 is 0 Å². The maximum absolute atomic E-state index is 5.39. The molecule has 0 saturated heterocycles. The zero-order chi connectivity index (χ0) is 17.5. The summed E-state index contributed by atoms with van der Waals surface area (Å²) >= 11 is 0. The molecule has 3 aromatic rings. The molecule has 0 aliphatic heterocycles. The molecule has 0 unspecified atom stereocenters. The number of aliphatic imine (C=N–C) groups is 1. The van der Waals surface area contributed by atoms with E-state index in [1.807, 2.05) is 36.4 Å². The van der Waals surface area contributed by atoms with Crippen LogP contribution in [0.2, 0.25) is 0 Å². The minimum Gasteiger partial charge on any atom is -0.496 e. The largest absolute Gasteiger partial charge is 0.496 e. The summed E-state index contributed by atoms with van der Waals surface area (Å²) in [5, 5.41) is 7.87. The van der Waals surface area contributed by atoms with Crippen LogP contribution in [0.5, 0.6) is 5.75 Å². The Morgan fingerprint density at radius 1 is 1.08 bits per heavy atom. The lowest BCUT2D eigenvalue weighted by Gasteiger charge is -2.11. The Morgan fingerprint density at radius 2 is 1.88 bits per heavy atom. The fourth-order valence-electron chi connectivity index (χ4n) is 2.75. The van der Waals surface area contributed by atoms with E-state index in [4.69, 9.17) is 4.74 Å². The van der Waals surface area contributed by atoms with Gasteiger partial charge in [-0.05, 0) is 30.5 Å². The van der Waals surface area contributed by atoms with Gasteiger partial charge in [-0.25, -0.2) is 4.99 Å². The summed E-state index contributed by atoms with van der Waals surface area (Å²) in [6.45, 7) is 4.12. The van der Waals surface area contributed by atoms with Gasteiger partial charge in [-0.2, -0.15) is 0 Å². The van der Waals surface area contributed by atoms with Crippen molar-refractivity contribution in [3.8, 4) is 5.75 Å². The van der Waals surface area contributed by atoms with Gasteiger partial charge in [-0.1, -0.05) is 36.4 Å². The van der Waals surface area contributed by atoms with Crippen LogP contribution in [-0.2, 0) is 13.1 Å². The number of nitrogens with one attached hydrogen (secondary N) is 3. The third kappa shape index (κ3) is 4.32. The maximum Gasteiger partial charge on any atom is 0.191 e. The Balaban J connectivity index is 1.67. The van der Waals surface area contributed by atoms with E-state index in [0.717, 1.165) is 35.0 Å². The lowest BCUT2D eigenvalue weighted by atomic mass is 10.2. The number of ether oxygens (including phenoxy) is 1. The van der Waals surface area contributed by atoms with Crippen LogP contribution in [0.1, 0.15) is 18.2 Å². The highest BCUT2D eigenvalue weighted by Crippen LogP contribution is 2.18. The summed E-state index contributed by atoms with van der Waals surface area (Å²) in [7, 11) is 1.68. The van der Waals surface area contributed by atoms with Crippen molar-refractivity contribution in [2.75, 3.05) is 13.7 Å². The first kappa shape index (κ1) is 16.9. The van der Waals surface area contributed by atoms with Crippen LogP contribution in [0.3, 0.4) is 0 Å². The molecule has 2 aromatic carbocycles. The monoisotopic (exact) mass is 336 g/mol. The first-order chi connectivity index (χ1) is 12.3. The standard InChI is InChI=1S/C20H24N4O/c1-3-21-20(22-13-16-9-5-7-11-19(16)25-2)23-14-17-12-15-8-4-6-10-18(15)24-17/h4-12,24H,3,13-14H2,1-2H3,(H2,21,22,23). The molecule has 3 N–H and O–H groups in total. The number of hydrogen-bond acceptors (Lipinski definition) is 2. The Hall–Kier alpha value is -2.95. The first-order valence-electron chi connectivity index (χ1n) is 8.51. The molecule has 0 saturated carbocycles. The summed E-state index contributed by atoms with van der Waals surface area (Å²) in [5.74, 6) is 1.64. The zero-order valence-electron chi connectivity index (χ0n) is 14.7. The van der Waals surface area contributed by atoms with E-state index >= 15 is 0 Å². The second-order valence-corrected chi connectivity index (χ2v) is 5.74.